The summed E-state index contributed by atoms with van der Waals surface area (Å²) in [6.07, 6.45) is 1.26. The Bertz CT molecular complexity index is 528. The third-order valence-corrected chi connectivity index (χ3v) is 4.19. The fraction of sp³-hybridized carbons (Fsp3) is 0.500. The van der Waals surface area contributed by atoms with Crippen molar-refractivity contribution in [2.24, 2.45) is 5.92 Å². The lowest BCUT2D eigenvalue weighted by atomic mass is 9.97. The number of nitrogens with zero attached hydrogens (tertiary/aromatic N) is 1. The van der Waals surface area contributed by atoms with E-state index in [4.69, 9.17) is 0 Å². The highest BCUT2D eigenvalue weighted by Crippen LogP contribution is 2.26. The summed E-state index contributed by atoms with van der Waals surface area (Å²) in [7, 11) is 0. The van der Waals surface area contributed by atoms with E-state index < -0.39 is 12.1 Å². The highest BCUT2D eigenvalue weighted by molar-refractivity contribution is 9.10. The van der Waals surface area contributed by atoms with Crippen molar-refractivity contribution in [1.82, 2.24) is 5.32 Å². The third-order valence-electron chi connectivity index (χ3n) is 3.66. The number of hydrogen-bond donors (Lipinski definition) is 1. The normalized spacial score (nSPS) is 22.6. The van der Waals surface area contributed by atoms with E-state index in [-0.39, 0.29) is 11.8 Å². The molecule has 4 nitrogen and oxygen atoms in total. The first kappa shape index (κ1) is 16.0. The van der Waals surface area contributed by atoms with Crippen LogP contribution in [-0.4, -0.2) is 23.9 Å². The van der Waals surface area contributed by atoms with Crippen LogP contribution >= 0.6 is 15.9 Å². The lowest BCUT2D eigenvalue weighted by molar-refractivity contribution is -0.134. The van der Waals surface area contributed by atoms with Gasteiger partial charge in [0.1, 0.15) is 12.1 Å². The van der Waals surface area contributed by atoms with Gasteiger partial charge in [0.15, 0.2) is 0 Å². The minimum absolute atomic E-state index is 0.0162. The zero-order valence-corrected chi connectivity index (χ0v) is 14.2. The Balaban J connectivity index is 2.34. The fourth-order valence-electron chi connectivity index (χ4n) is 2.68. The number of anilines is 1. The molecule has 1 aromatic carbocycles. The summed E-state index contributed by atoms with van der Waals surface area (Å²) in [6.45, 7) is 6.02. The van der Waals surface area contributed by atoms with Crippen LogP contribution in [0.2, 0.25) is 0 Å². The molecular formula is C16H21BrN2O2. The minimum atomic E-state index is -0.429. The van der Waals surface area contributed by atoms with E-state index in [1.165, 1.54) is 0 Å². The number of hydrogen-bond acceptors (Lipinski definition) is 2. The van der Waals surface area contributed by atoms with Crippen LogP contribution in [0.15, 0.2) is 28.7 Å². The predicted octanol–water partition coefficient (Wildman–Crippen LogP) is 3.11. The van der Waals surface area contributed by atoms with Crippen molar-refractivity contribution in [3.05, 3.63) is 28.7 Å². The van der Waals surface area contributed by atoms with Crippen LogP contribution in [0.5, 0.6) is 0 Å². The first-order valence-corrected chi connectivity index (χ1v) is 8.12. The van der Waals surface area contributed by atoms with Gasteiger partial charge in [-0.05, 0) is 43.0 Å². The monoisotopic (exact) mass is 352 g/mol. The molecule has 1 fully saturated rings. The Morgan fingerprint density at radius 3 is 2.38 bits per heavy atom. The highest BCUT2D eigenvalue weighted by atomic mass is 79.9. The number of carbonyl (C=O) groups excluding carboxylic acids is 2. The molecule has 1 saturated heterocycles. The third kappa shape index (κ3) is 3.46. The van der Waals surface area contributed by atoms with Gasteiger partial charge in [0.25, 0.3) is 0 Å². The fourth-order valence-corrected chi connectivity index (χ4v) is 2.94. The number of nitrogens with one attached hydrogen (secondary N) is 1. The molecule has 2 atom stereocenters. The largest absolute Gasteiger partial charge is 0.342 e. The van der Waals surface area contributed by atoms with E-state index in [0.717, 1.165) is 10.2 Å². The summed E-state index contributed by atoms with van der Waals surface area (Å²) in [6, 6.07) is 6.66. The maximum absolute atomic E-state index is 12.8. The molecule has 0 spiro atoms. The van der Waals surface area contributed by atoms with Crippen molar-refractivity contribution >= 4 is 33.4 Å². The van der Waals surface area contributed by atoms with Gasteiger partial charge in [0.2, 0.25) is 11.8 Å². The number of amides is 2. The molecule has 1 aliphatic heterocycles. The molecule has 21 heavy (non-hydrogen) atoms. The summed E-state index contributed by atoms with van der Waals surface area (Å²) >= 11 is 3.39. The smallest absolute Gasteiger partial charge is 0.250 e. The van der Waals surface area contributed by atoms with Crippen molar-refractivity contribution < 1.29 is 9.59 Å². The van der Waals surface area contributed by atoms with Crippen LogP contribution in [0.4, 0.5) is 5.69 Å². The molecule has 0 aliphatic carbocycles. The van der Waals surface area contributed by atoms with Crippen LogP contribution in [0.1, 0.15) is 33.6 Å². The van der Waals surface area contributed by atoms with E-state index >= 15 is 0 Å². The van der Waals surface area contributed by atoms with Crippen molar-refractivity contribution in [2.75, 3.05) is 4.90 Å². The minimum Gasteiger partial charge on any atom is -0.342 e. The summed E-state index contributed by atoms with van der Waals surface area (Å²) < 4.78 is 0.951. The van der Waals surface area contributed by atoms with Crippen molar-refractivity contribution in [3.63, 3.8) is 0 Å². The van der Waals surface area contributed by atoms with E-state index in [1.807, 2.05) is 31.2 Å². The molecule has 2 unspecified atom stereocenters. The Kier molecular flexibility index (Phi) is 5.04. The number of carbonyl (C=O) groups is 2. The van der Waals surface area contributed by atoms with Gasteiger partial charge in [-0.25, -0.2) is 0 Å². The van der Waals surface area contributed by atoms with Gasteiger partial charge in [-0.3, -0.25) is 14.5 Å². The summed E-state index contributed by atoms with van der Waals surface area (Å²) in [4.78, 5) is 26.7. The van der Waals surface area contributed by atoms with Gasteiger partial charge in [-0.1, -0.05) is 36.7 Å². The van der Waals surface area contributed by atoms with Crippen LogP contribution in [-0.2, 0) is 9.59 Å². The van der Waals surface area contributed by atoms with Crippen molar-refractivity contribution in [1.29, 1.82) is 0 Å². The number of piperazine rings is 1. The number of halogens is 1. The molecule has 0 aromatic heterocycles. The maximum Gasteiger partial charge on any atom is 0.250 e. The first-order chi connectivity index (χ1) is 9.93. The van der Waals surface area contributed by atoms with Gasteiger partial charge in [0, 0.05) is 10.2 Å². The Morgan fingerprint density at radius 1 is 1.24 bits per heavy atom. The second-order valence-electron chi connectivity index (χ2n) is 5.80. The molecule has 0 saturated carbocycles. The second-order valence-corrected chi connectivity index (χ2v) is 6.72. The van der Waals surface area contributed by atoms with E-state index in [1.54, 1.807) is 4.90 Å². The molecule has 2 amide bonds. The van der Waals surface area contributed by atoms with Crippen LogP contribution < -0.4 is 10.2 Å². The summed E-state index contributed by atoms with van der Waals surface area (Å²) in [5.41, 5.74) is 0.777. The number of rotatable bonds is 4. The highest BCUT2D eigenvalue weighted by Gasteiger charge is 2.40. The lowest BCUT2D eigenvalue weighted by Crippen LogP contribution is -2.63. The lowest BCUT2D eigenvalue weighted by Gasteiger charge is -2.39. The second kappa shape index (κ2) is 6.60. The van der Waals surface area contributed by atoms with E-state index in [2.05, 4.69) is 35.1 Å². The molecule has 0 radical (unpaired) electrons. The molecule has 1 aliphatic rings. The average Bonchev–Trinajstić information content (AvgIpc) is 2.43. The van der Waals surface area contributed by atoms with E-state index in [0.29, 0.717) is 18.8 Å². The van der Waals surface area contributed by atoms with Crippen molar-refractivity contribution in [3.8, 4) is 0 Å². The SMILES string of the molecule is CCC1C(=O)NC(CC(C)C)C(=O)N1c1ccc(Br)cc1. The van der Waals surface area contributed by atoms with Gasteiger partial charge in [0.05, 0.1) is 0 Å². The quantitative estimate of drug-likeness (QED) is 0.904. The molecule has 2 rings (SSSR count). The zero-order valence-electron chi connectivity index (χ0n) is 12.6. The van der Waals surface area contributed by atoms with Gasteiger partial charge in [-0.15, -0.1) is 0 Å². The maximum atomic E-state index is 12.8. The zero-order chi connectivity index (χ0) is 15.6. The molecule has 1 N–H and O–H groups in total. The molecule has 114 valence electrons. The molecule has 5 heteroatoms. The summed E-state index contributed by atoms with van der Waals surface area (Å²) in [5, 5.41) is 2.87. The molecule has 1 heterocycles. The Labute approximate surface area is 134 Å². The standard InChI is InChI=1S/C16H21BrN2O2/c1-4-14-15(20)18-13(9-10(2)3)16(21)19(14)12-7-5-11(17)6-8-12/h5-8,10,13-14H,4,9H2,1-3H3,(H,18,20). The Hall–Kier alpha value is -1.36. The van der Waals surface area contributed by atoms with Crippen LogP contribution in [0.25, 0.3) is 0 Å². The topological polar surface area (TPSA) is 49.4 Å². The molecule has 0 bridgehead atoms. The van der Waals surface area contributed by atoms with E-state index in [9.17, 15) is 9.59 Å². The Morgan fingerprint density at radius 2 is 1.86 bits per heavy atom. The van der Waals surface area contributed by atoms with Gasteiger partial charge in [-0.2, -0.15) is 0 Å². The predicted molar refractivity (Wildman–Crippen MR) is 87.1 cm³/mol. The first-order valence-electron chi connectivity index (χ1n) is 7.33. The number of benzene rings is 1. The molecule has 1 aromatic rings. The summed E-state index contributed by atoms with van der Waals surface area (Å²) in [5.74, 6) is 0.271. The van der Waals surface area contributed by atoms with Crippen LogP contribution in [0.3, 0.4) is 0 Å². The van der Waals surface area contributed by atoms with Crippen LogP contribution in [0, 0.1) is 5.92 Å². The molecular weight excluding hydrogens is 332 g/mol. The van der Waals surface area contributed by atoms with Gasteiger partial charge >= 0.3 is 0 Å². The van der Waals surface area contributed by atoms with Crippen molar-refractivity contribution in [2.45, 2.75) is 45.7 Å². The van der Waals surface area contributed by atoms with Gasteiger partial charge < -0.3 is 5.32 Å². The average molecular weight is 353 g/mol.